The number of fused-ring (bicyclic) bond motifs is 2. The van der Waals surface area contributed by atoms with Crippen molar-refractivity contribution in [1.29, 1.82) is 0 Å². The topological polar surface area (TPSA) is 18.5 Å². The van der Waals surface area contributed by atoms with E-state index >= 15 is 0 Å². The summed E-state index contributed by atoms with van der Waals surface area (Å²) in [7, 11) is 0. The minimum atomic E-state index is 0.107. The van der Waals surface area contributed by atoms with Gasteiger partial charge >= 0.3 is 0 Å². The molecule has 0 aliphatic heterocycles. The zero-order chi connectivity index (χ0) is 14.8. The van der Waals surface area contributed by atoms with Crippen LogP contribution in [0.15, 0.2) is 18.2 Å². The fraction of sp³-hybridized carbons (Fsp3) is 0.667. The second-order valence-corrected chi connectivity index (χ2v) is 6.78. The molecule has 4 atom stereocenters. The summed E-state index contributed by atoms with van der Waals surface area (Å²) in [5, 5.41) is 0.107. The SMILES string of the molecule is CCOc1ccc(C(Cl)C2CC3CCC2C3)cc1OCC. The normalized spacial score (nSPS) is 28.6. The Hall–Kier alpha value is -0.890. The van der Waals surface area contributed by atoms with Gasteiger partial charge in [-0.3, -0.25) is 0 Å². The summed E-state index contributed by atoms with van der Waals surface area (Å²) in [4.78, 5) is 0. The molecule has 1 aromatic rings. The lowest BCUT2D eigenvalue weighted by Gasteiger charge is -2.27. The maximum atomic E-state index is 6.81. The molecule has 2 fully saturated rings. The predicted molar refractivity (Wildman–Crippen MR) is 86.3 cm³/mol. The number of halogens is 1. The van der Waals surface area contributed by atoms with Gasteiger partial charge in [0.25, 0.3) is 0 Å². The van der Waals surface area contributed by atoms with E-state index in [9.17, 15) is 0 Å². The molecule has 0 radical (unpaired) electrons. The Labute approximate surface area is 132 Å². The van der Waals surface area contributed by atoms with Crippen molar-refractivity contribution in [2.45, 2.75) is 44.9 Å². The van der Waals surface area contributed by atoms with E-state index < -0.39 is 0 Å². The van der Waals surface area contributed by atoms with Crippen molar-refractivity contribution in [3.63, 3.8) is 0 Å². The Morgan fingerprint density at radius 3 is 2.48 bits per heavy atom. The molecule has 2 bridgehead atoms. The Morgan fingerprint density at radius 1 is 1.10 bits per heavy atom. The molecule has 0 spiro atoms. The number of alkyl halides is 1. The molecular weight excluding hydrogens is 284 g/mol. The Balaban J connectivity index is 1.79. The summed E-state index contributed by atoms with van der Waals surface area (Å²) in [6.07, 6.45) is 5.48. The molecule has 0 aromatic heterocycles. The highest BCUT2D eigenvalue weighted by Gasteiger charge is 2.43. The van der Waals surface area contributed by atoms with E-state index in [1.165, 1.54) is 31.2 Å². The maximum absolute atomic E-state index is 6.81. The van der Waals surface area contributed by atoms with Crippen molar-refractivity contribution in [1.82, 2.24) is 0 Å². The fourth-order valence-electron chi connectivity index (χ4n) is 4.14. The van der Waals surface area contributed by atoms with Crippen molar-refractivity contribution in [2.75, 3.05) is 13.2 Å². The van der Waals surface area contributed by atoms with Crippen LogP contribution in [0.3, 0.4) is 0 Å². The van der Waals surface area contributed by atoms with Crippen LogP contribution in [-0.2, 0) is 0 Å². The molecule has 2 aliphatic rings. The van der Waals surface area contributed by atoms with Crippen LogP contribution in [-0.4, -0.2) is 13.2 Å². The highest BCUT2D eigenvalue weighted by atomic mass is 35.5. The summed E-state index contributed by atoms with van der Waals surface area (Å²) in [6.45, 7) is 5.28. The number of rotatable bonds is 6. The number of hydrogen-bond donors (Lipinski definition) is 0. The molecule has 116 valence electrons. The minimum absolute atomic E-state index is 0.107. The van der Waals surface area contributed by atoms with Crippen LogP contribution in [0.5, 0.6) is 11.5 Å². The van der Waals surface area contributed by atoms with Crippen LogP contribution in [0.2, 0.25) is 0 Å². The van der Waals surface area contributed by atoms with Crippen molar-refractivity contribution >= 4 is 11.6 Å². The lowest BCUT2D eigenvalue weighted by Crippen LogP contribution is -2.16. The summed E-state index contributed by atoms with van der Waals surface area (Å²) < 4.78 is 11.4. The first-order valence-corrected chi connectivity index (χ1v) is 8.70. The van der Waals surface area contributed by atoms with E-state index in [0.717, 1.165) is 23.3 Å². The zero-order valence-electron chi connectivity index (χ0n) is 13.0. The highest BCUT2D eigenvalue weighted by molar-refractivity contribution is 6.21. The van der Waals surface area contributed by atoms with Gasteiger partial charge in [0, 0.05) is 0 Å². The molecule has 0 heterocycles. The zero-order valence-corrected chi connectivity index (χ0v) is 13.7. The molecule has 0 amide bonds. The van der Waals surface area contributed by atoms with Gasteiger partial charge in [-0.15, -0.1) is 11.6 Å². The van der Waals surface area contributed by atoms with E-state index in [1.807, 2.05) is 19.9 Å². The summed E-state index contributed by atoms with van der Waals surface area (Å²) >= 11 is 6.81. The van der Waals surface area contributed by atoms with Gasteiger partial charge < -0.3 is 9.47 Å². The van der Waals surface area contributed by atoms with Crippen LogP contribution < -0.4 is 9.47 Å². The molecule has 2 nitrogen and oxygen atoms in total. The second-order valence-electron chi connectivity index (χ2n) is 6.31. The number of ether oxygens (including phenoxy) is 2. The first kappa shape index (κ1) is 15.0. The third-order valence-corrected chi connectivity index (χ3v) is 5.63. The van der Waals surface area contributed by atoms with Gasteiger partial charge in [0.1, 0.15) is 0 Å². The van der Waals surface area contributed by atoms with Crippen LogP contribution in [0.25, 0.3) is 0 Å². The molecule has 3 heteroatoms. The Morgan fingerprint density at radius 2 is 1.86 bits per heavy atom. The van der Waals surface area contributed by atoms with Crippen LogP contribution in [0, 0.1) is 17.8 Å². The van der Waals surface area contributed by atoms with E-state index in [-0.39, 0.29) is 5.38 Å². The molecule has 1 aromatic carbocycles. The third kappa shape index (κ3) is 3.01. The quantitative estimate of drug-likeness (QED) is 0.672. The lowest BCUT2D eigenvalue weighted by atomic mass is 9.84. The minimum Gasteiger partial charge on any atom is -0.490 e. The van der Waals surface area contributed by atoms with Gasteiger partial charge in [-0.1, -0.05) is 12.5 Å². The van der Waals surface area contributed by atoms with Crippen molar-refractivity contribution < 1.29 is 9.47 Å². The van der Waals surface area contributed by atoms with Crippen molar-refractivity contribution in [3.8, 4) is 11.5 Å². The third-order valence-electron chi connectivity index (χ3n) is 5.05. The first-order valence-electron chi connectivity index (χ1n) is 8.26. The van der Waals surface area contributed by atoms with E-state index in [4.69, 9.17) is 21.1 Å². The molecule has 4 unspecified atom stereocenters. The van der Waals surface area contributed by atoms with Gasteiger partial charge in [0.15, 0.2) is 11.5 Å². The number of hydrogen-bond acceptors (Lipinski definition) is 2. The average molecular weight is 309 g/mol. The van der Waals surface area contributed by atoms with Gasteiger partial charge in [-0.2, -0.15) is 0 Å². The highest BCUT2D eigenvalue weighted by Crippen LogP contribution is 2.54. The molecule has 0 N–H and O–H groups in total. The van der Waals surface area contributed by atoms with Crippen LogP contribution in [0.1, 0.15) is 50.5 Å². The van der Waals surface area contributed by atoms with Crippen molar-refractivity contribution in [2.24, 2.45) is 17.8 Å². The van der Waals surface area contributed by atoms with Gasteiger partial charge in [-0.25, -0.2) is 0 Å². The molecule has 3 rings (SSSR count). The molecule has 2 saturated carbocycles. The fourth-order valence-corrected chi connectivity index (χ4v) is 4.58. The van der Waals surface area contributed by atoms with E-state index in [0.29, 0.717) is 19.1 Å². The lowest BCUT2D eigenvalue weighted by molar-refractivity contribution is 0.286. The summed E-state index contributed by atoms with van der Waals surface area (Å²) in [5.41, 5.74) is 1.18. The first-order chi connectivity index (χ1) is 10.2. The Kier molecular flexibility index (Phi) is 4.63. The molecular formula is C18H25ClO2. The van der Waals surface area contributed by atoms with Crippen LogP contribution >= 0.6 is 11.6 Å². The van der Waals surface area contributed by atoms with Gasteiger partial charge in [-0.05, 0) is 68.6 Å². The Bertz CT molecular complexity index is 488. The predicted octanol–water partition coefficient (Wildman–Crippen LogP) is 5.20. The van der Waals surface area contributed by atoms with E-state index in [2.05, 4.69) is 12.1 Å². The van der Waals surface area contributed by atoms with Gasteiger partial charge in [0.2, 0.25) is 0 Å². The monoisotopic (exact) mass is 308 g/mol. The maximum Gasteiger partial charge on any atom is 0.161 e. The molecule has 0 saturated heterocycles. The molecule has 2 aliphatic carbocycles. The van der Waals surface area contributed by atoms with Gasteiger partial charge in [0.05, 0.1) is 18.6 Å². The smallest absolute Gasteiger partial charge is 0.161 e. The van der Waals surface area contributed by atoms with E-state index in [1.54, 1.807) is 0 Å². The summed E-state index contributed by atoms with van der Waals surface area (Å²) in [5.74, 6) is 4.04. The second kappa shape index (κ2) is 6.48. The average Bonchev–Trinajstić information content (AvgIpc) is 3.11. The standard InChI is InChI=1S/C18H25ClO2/c1-3-20-16-8-7-14(11-17(16)21-4-2)18(19)15-10-12-5-6-13(15)9-12/h7-8,11-13,15,18H,3-6,9-10H2,1-2H3. The number of benzene rings is 1. The summed E-state index contributed by atoms with van der Waals surface area (Å²) in [6, 6.07) is 6.20. The molecule has 21 heavy (non-hydrogen) atoms. The largest absolute Gasteiger partial charge is 0.490 e. The van der Waals surface area contributed by atoms with Crippen molar-refractivity contribution in [3.05, 3.63) is 23.8 Å². The van der Waals surface area contributed by atoms with Crippen LogP contribution in [0.4, 0.5) is 0 Å².